The summed E-state index contributed by atoms with van der Waals surface area (Å²) in [6.45, 7) is 6.94. The van der Waals surface area contributed by atoms with Crippen LogP contribution in [0.1, 0.15) is 67.1 Å². The molecule has 0 atom stereocenters. The lowest BCUT2D eigenvalue weighted by Gasteiger charge is -2.13. The first kappa shape index (κ1) is 49.3. The van der Waals surface area contributed by atoms with Gasteiger partial charge in [-0.25, -0.2) is 38.4 Å². The van der Waals surface area contributed by atoms with Crippen LogP contribution in [0.25, 0.3) is 43.8 Å². The number of fused-ring (bicyclic) bond motifs is 2. The third kappa shape index (κ3) is 13.0. The third-order valence-electron chi connectivity index (χ3n) is 10.2. The Morgan fingerprint density at radius 1 is 0.449 bits per heavy atom. The molecule has 0 saturated heterocycles. The van der Waals surface area contributed by atoms with Crippen molar-refractivity contribution in [3.05, 3.63) is 157 Å². The molecule has 0 aliphatic rings. The number of hydrogen-bond donors (Lipinski definition) is 2. The highest BCUT2D eigenvalue weighted by atomic mass is 16.7. The standard InChI is InChI=1S/C52H42O17/c1-3-43(53)63-25-5-7-27-65-51(61)67-37-19-23-39-35(29-37)17-21-41(47(55)56)45(39)31-9-13-33(14-10-31)49(59)69-50(60)34-15-11-32(12-16-34)46-40-24-20-38(30-36(40)18-22-42(46)48(57)58)68-52(62)66-28-8-6-26-64-44(54)4-2/h3-4,9-24,29-30H,1-2,5-8,25-28H2,(H,55,56)(H,57,58). The van der Waals surface area contributed by atoms with Crippen LogP contribution in [0.15, 0.2) is 135 Å². The molecule has 0 heterocycles. The quantitative estimate of drug-likeness (QED) is 0.0181. The van der Waals surface area contributed by atoms with Crippen LogP contribution in [0.5, 0.6) is 11.5 Å². The molecule has 352 valence electrons. The van der Waals surface area contributed by atoms with Gasteiger partial charge in [0.1, 0.15) is 11.5 Å². The van der Waals surface area contributed by atoms with Crippen LogP contribution in [0.4, 0.5) is 9.59 Å². The molecular weight excluding hydrogens is 897 g/mol. The smallest absolute Gasteiger partial charge is 0.478 e. The Bertz CT molecular complexity index is 2770. The zero-order chi connectivity index (χ0) is 49.5. The van der Waals surface area contributed by atoms with Gasteiger partial charge in [0, 0.05) is 23.3 Å². The van der Waals surface area contributed by atoms with E-state index in [1.54, 1.807) is 24.3 Å². The highest BCUT2D eigenvalue weighted by Gasteiger charge is 2.21. The molecule has 6 aromatic carbocycles. The van der Waals surface area contributed by atoms with Crippen molar-refractivity contribution in [2.75, 3.05) is 26.4 Å². The van der Waals surface area contributed by atoms with Crippen LogP contribution in [0, 0.1) is 0 Å². The first-order valence-electron chi connectivity index (χ1n) is 21.1. The summed E-state index contributed by atoms with van der Waals surface area (Å²) in [6, 6.07) is 26.5. The molecule has 0 aliphatic carbocycles. The molecule has 0 radical (unpaired) electrons. The van der Waals surface area contributed by atoms with Gasteiger partial charge < -0.3 is 43.4 Å². The van der Waals surface area contributed by atoms with Crippen molar-refractivity contribution < 1.29 is 81.7 Å². The second-order valence-electron chi connectivity index (χ2n) is 14.7. The summed E-state index contributed by atoms with van der Waals surface area (Å²) >= 11 is 0. The second kappa shape index (κ2) is 23.4. The summed E-state index contributed by atoms with van der Waals surface area (Å²) in [5.41, 5.74) is 1.32. The molecule has 0 aliphatic heterocycles. The Morgan fingerprint density at radius 3 is 1.16 bits per heavy atom. The maximum absolute atomic E-state index is 13.2. The van der Waals surface area contributed by atoms with Crippen molar-refractivity contribution in [3.63, 3.8) is 0 Å². The van der Waals surface area contributed by atoms with Crippen LogP contribution in [0.3, 0.4) is 0 Å². The fraction of sp³-hybridized carbons (Fsp3) is 0.154. The second-order valence-corrected chi connectivity index (χ2v) is 14.7. The van der Waals surface area contributed by atoms with Gasteiger partial charge in [-0.2, -0.15) is 0 Å². The van der Waals surface area contributed by atoms with E-state index in [1.807, 2.05) is 0 Å². The van der Waals surface area contributed by atoms with E-state index >= 15 is 0 Å². The number of unbranched alkanes of at least 4 members (excludes halogenated alkanes) is 2. The van der Waals surface area contributed by atoms with Gasteiger partial charge in [-0.1, -0.05) is 61.7 Å². The zero-order valence-corrected chi connectivity index (χ0v) is 36.6. The van der Waals surface area contributed by atoms with E-state index in [4.69, 9.17) is 33.2 Å². The lowest BCUT2D eigenvalue weighted by molar-refractivity contribution is -0.138. The molecule has 6 rings (SSSR count). The third-order valence-corrected chi connectivity index (χ3v) is 10.2. The summed E-state index contributed by atoms with van der Waals surface area (Å²) in [5.74, 6) is -5.25. The van der Waals surface area contributed by atoms with Gasteiger partial charge in [-0.05, 0) is 119 Å². The number of carboxylic acids is 2. The van der Waals surface area contributed by atoms with Gasteiger partial charge in [-0.3, -0.25) is 0 Å². The Labute approximate surface area is 393 Å². The molecule has 0 aromatic heterocycles. The molecule has 0 saturated carbocycles. The minimum absolute atomic E-state index is 0.0185. The average molecular weight is 939 g/mol. The van der Waals surface area contributed by atoms with E-state index < -0.39 is 48.1 Å². The maximum Gasteiger partial charge on any atom is 0.513 e. The minimum atomic E-state index is -1.22. The minimum Gasteiger partial charge on any atom is -0.478 e. The largest absolute Gasteiger partial charge is 0.513 e. The number of carboxylic acid groups (broad SMARTS) is 2. The van der Waals surface area contributed by atoms with Crippen LogP contribution < -0.4 is 9.47 Å². The molecule has 0 fully saturated rings. The van der Waals surface area contributed by atoms with Gasteiger partial charge in [0.15, 0.2) is 0 Å². The number of benzene rings is 6. The van der Waals surface area contributed by atoms with E-state index in [2.05, 4.69) is 13.2 Å². The van der Waals surface area contributed by atoms with Crippen LogP contribution in [-0.2, 0) is 33.3 Å². The highest BCUT2D eigenvalue weighted by Crippen LogP contribution is 2.36. The van der Waals surface area contributed by atoms with Crippen molar-refractivity contribution in [2.45, 2.75) is 25.7 Å². The lowest BCUT2D eigenvalue weighted by atomic mass is 9.92. The zero-order valence-electron chi connectivity index (χ0n) is 36.6. The van der Waals surface area contributed by atoms with Crippen LogP contribution in [-0.4, -0.2) is 84.8 Å². The number of ether oxygens (including phenoxy) is 7. The highest BCUT2D eigenvalue weighted by molar-refractivity contribution is 6.10. The molecule has 0 amide bonds. The van der Waals surface area contributed by atoms with E-state index in [0.717, 1.165) is 12.2 Å². The number of carbonyl (C=O) groups is 8. The van der Waals surface area contributed by atoms with E-state index in [0.29, 0.717) is 69.5 Å². The van der Waals surface area contributed by atoms with Gasteiger partial charge in [-0.15, -0.1) is 0 Å². The summed E-state index contributed by atoms with van der Waals surface area (Å²) in [4.78, 5) is 97.9. The number of hydrogen-bond acceptors (Lipinski definition) is 15. The fourth-order valence-corrected chi connectivity index (χ4v) is 6.90. The molecule has 17 nitrogen and oxygen atoms in total. The Kier molecular flexibility index (Phi) is 16.7. The van der Waals surface area contributed by atoms with Gasteiger partial charge in [0.05, 0.1) is 48.7 Å². The molecule has 69 heavy (non-hydrogen) atoms. The van der Waals surface area contributed by atoms with Gasteiger partial charge in [0.25, 0.3) is 0 Å². The average Bonchev–Trinajstić information content (AvgIpc) is 3.34. The molecule has 17 heteroatoms. The number of rotatable bonds is 20. The molecule has 0 unspecified atom stereocenters. The number of carbonyl (C=O) groups excluding carboxylic acids is 6. The van der Waals surface area contributed by atoms with Crippen molar-refractivity contribution >= 4 is 69.7 Å². The topological polar surface area (TPSA) is 242 Å². The summed E-state index contributed by atoms with van der Waals surface area (Å²) in [6.07, 6.45) is 1.91. The van der Waals surface area contributed by atoms with Crippen LogP contribution in [0.2, 0.25) is 0 Å². The fourth-order valence-electron chi connectivity index (χ4n) is 6.90. The molecule has 0 bridgehead atoms. The number of esters is 4. The predicted molar refractivity (Wildman–Crippen MR) is 247 cm³/mol. The first-order chi connectivity index (χ1) is 33.3. The Balaban J connectivity index is 1.09. The Hall–Kier alpha value is -9.12. The van der Waals surface area contributed by atoms with Crippen LogP contribution >= 0.6 is 0 Å². The van der Waals surface area contributed by atoms with E-state index in [-0.39, 0.29) is 60.2 Å². The first-order valence-corrected chi connectivity index (χ1v) is 21.1. The SMILES string of the molecule is C=CC(=O)OCCCCOC(=O)Oc1ccc2c(-c3ccc(C(=O)OC(=O)c4ccc(-c5c(C(=O)O)ccc6cc(OC(=O)OCCCCOC(=O)C=C)ccc56)cc4)cc3)c(C(=O)O)ccc2c1. The summed E-state index contributed by atoms with van der Waals surface area (Å²) in [7, 11) is 0. The molecule has 6 aromatic rings. The summed E-state index contributed by atoms with van der Waals surface area (Å²) < 4.78 is 35.7. The maximum atomic E-state index is 13.2. The van der Waals surface area contributed by atoms with Crippen molar-refractivity contribution in [3.8, 4) is 33.8 Å². The summed E-state index contributed by atoms with van der Waals surface area (Å²) in [5, 5.41) is 22.2. The van der Waals surface area contributed by atoms with Crippen molar-refractivity contribution in [2.24, 2.45) is 0 Å². The number of aromatic carboxylic acids is 2. The van der Waals surface area contributed by atoms with E-state index in [9.17, 15) is 48.6 Å². The normalized spacial score (nSPS) is 10.6. The van der Waals surface area contributed by atoms with Crippen molar-refractivity contribution in [1.29, 1.82) is 0 Å². The molecule has 2 N–H and O–H groups in total. The Morgan fingerprint density at radius 2 is 0.812 bits per heavy atom. The van der Waals surface area contributed by atoms with Gasteiger partial charge >= 0.3 is 48.1 Å². The monoisotopic (exact) mass is 938 g/mol. The van der Waals surface area contributed by atoms with Crippen molar-refractivity contribution in [1.82, 2.24) is 0 Å². The molecular formula is C52H42O17. The molecule has 0 spiro atoms. The van der Waals surface area contributed by atoms with E-state index in [1.165, 1.54) is 84.9 Å². The predicted octanol–water partition coefficient (Wildman–Crippen LogP) is 9.77. The van der Waals surface area contributed by atoms with Gasteiger partial charge in [0.2, 0.25) is 0 Å². The lowest BCUT2D eigenvalue weighted by Crippen LogP contribution is -2.13.